The zero-order valence-corrected chi connectivity index (χ0v) is 19.5. The number of hydrogen-bond donors (Lipinski definition) is 0. The third-order valence-corrected chi connectivity index (χ3v) is 8.12. The lowest BCUT2D eigenvalue weighted by atomic mass is 10.2. The molecule has 2 aliphatic rings. The van der Waals surface area contributed by atoms with Crippen molar-refractivity contribution in [3.05, 3.63) is 59.7 Å². The smallest absolute Gasteiger partial charge is 0.244 e. The maximum Gasteiger partial charge on any atom is 0.244 e. The van der Waals surface area contributed by atoms with Gasteiger partial charge in [-0.25, -0.2) is 8.42 Å². The number of nitrogens with zero attached hydrogens (tertiary/aromatic N) is 4. The Labute approximate surface area is 195 Å². The maximum absolute atomic E-state index is 13.0. The van der Waals surface area contributed by atoms with E-state index in [1.165, 1.54) is 16.4 Å². The van der Waals surface area contributed by atoms with Crippen LogP contribution < -0.4 is 4.74 Å². The molecule has 4 rings (SSSR count). The van der Waals surface area contributed by atoms with Gasteiger partial charge in [0.2, 0.25) is 15.9 Å². The third kappa shape index (κ3) is 5.36. The topological polar surface area (TPSA) is 93.9 Å². The zero-order chi connectivity index (χ0) is 23.4. The van der Waals surface area contributed by atoms with Crippen molar-refractivity contribution in [1.82, 2.24) is 14.1 Å². The molecule has 0 bridgehead atoms. The fraction of sp³-hybridized carbons (Fsp3) is 0.417. The molecule has 174 valence electrons. The highest BCUT2D eigenvalue weighted by molar-refractivity contribution is 7.89. The van der Waals surface area contributed by atoms with Gasteiger partial charge in [0.05, 0.1) is 24.1 Å². The van der Waals surface area contributed by atoms with Gasteiger partial charge >= 0.3 is 0 Å². The molecule has 2 fully saturated rings. The lowest BCUT2D eigenvalue weighted by Gasteiger charge is -2.35. The van der Waals surface area contributed by atoms with Gasteiger partial charge in [-0.2, -0.15) is 9.57 Å². The van der Waals surface area contributed by atoms with Crippen LogP contribution in [0.25, 0.3) is 0 Å². The number of carbonyl (C=O) groups excluding carboxylic acids is 1. The number of sulfonamides is 1. The van der Waals surface area contributed by atoms with Crippen molar-refractivity contribution in [2.45, 2.75) is 30.3 Å². The molecule has 1 saturated heterocycles. The summed E-state index contributed by atoms with van der Waals surface area (Å²) in [5, 5.41) is 9.26. The average molecular weight is 469 g/mol. The number of benzene rings is 2. The van der Waals surface area contributed by atoms with Crippen LogP contribution in [0.2, 0.25) is 0 Å². The van der Waals surface area contributed by atoms with E-state index in [9.17, 15) is 18.5 Å². The summed E-state index contributed by atoms with van der Waals surface area (Å²) in [5.41, 5.74) is 1.26. The number of amides is 1. The van der Waals surface area contributed by atoms with E-state index in [-0.39, 0.29) is 29.5 Å². The predicted molar refractivity (Wildman–Crippen MR) is 123 cm³/mol. The first-order valence-electron chi connectivity index (χ1n) is 11.1. The van der Waals surface area contributed by atoms with Crippen LogP contribution in [-0.2, 0) is 21.4 Å². The Morgan fingerprint density at radius 2 is 1.76 bits per heavy atom. The molecule has 0 aromatic heterocycles. The number of piperazine rings is 1. The van der Waals surface area contributed by atoms with E-state index < -0.39 is 10.0 Å². The SMILES string of the molecule is COc1ccc(CN(CC(=O)N2CCN(S(=O)(=O)c3ccccc3C#N)CC2)C2CC2)cc1. The van der Waals surface area contributed by atoms with E-state index in [1.807, 2.05) is 30.3 Å². The number of hydrogen-bond acceptors (Lipinski definition) is 6. The highest BCUT2D eigenvalue weighted by Gasteiger charge is 2.34. The Bertz CT molecular complexity index is 1130. The van der Waals surface area contributed by atoms with Gasteiger partial charge in [0, 0.05) is 38.8 Å². The highest BCUT2D eigenvalue weighted by atomic mass is 32.2. The van der Waals surface area contributed by atoms with E-state index in [1.54, 1.807) is 24.1 Å². The number of methoxy groups -OCH3 is 1. The average Bonchev–Trinajstić information content (AvgIpc) is 3.69. The minimum Gasteiger partial charge on any atom is -0.497 e. The zero-order valence-electron chi connectivity index (χ0n) is 18.7. The van der Waals surface area contributed by atoms with Crippen LogP contribution >= 0.6 is 0 Å². The minimum absolute atomic E-state index is 0.0184. The van der Waals surface area contributed by atoms with Gasteiger partial charge < -0.3 is 9.64 Å². The molecule has 9 heteroatoms. The first-order chi connectivity index (χ1) is 15.9. The molecule has 0 radical (unpaired) electrons. The van der Waals surface area contributed by atoms with Gasteiger partial charge in [-0.3, -0.25) is 9.69 Å². The lowest BCUT2D eigenvalue weighted by molar-refractivity contribution is -0.133. The van der Waals surface area contributed by atoms with E-state index in [2.05, 4.69) is 4.90 Å². The Hall–Kier alpha value is -2.93. The normalized spacial score (nSPS) is 17.1. The number of ether oxygens (including phenoxy) is 1. The molecule has 2 aromatic rings. The molecule has 0 N–H and O–H groups in total. The molecule has 1 aliphatic carbocycles. The van der Waals surface area contributed by atoms with Gasteiger partial charge in [-0.1, -0.05) is 24.3 Å². The number of rotatable bonds is 8. The molecule has 1 heterocycles. The van der Waals surface area contributed by atoms with Crippen molar-refractivity contribution in [1.29, 1.82) is 5.26 Å². The highest BCUT2D eigenvalue weighted by Crippen LogP contribution is 2.29. The quantitative estimate of drug-likeness (QED) is 0.589. The third-order valence-electron chi connectivity index (χ3n) is 6.16. The summed E-state index contributed by atoms with van der Waals surface area (Å²) in [5.74, 6) is 0.822. The molecule has 0 spiro atoms. The second-order valence-corrected chi connectivity index (χ2v) is 10.3. The molecule has 33 heavy (non-hydrogen) atoms. The molecule has 8 nitrogen and oxygen atoms in total. The Morgan fingerprint density at radius 1 is 1.09 bits per heavy atom. The van der Waals surface area contributed by atoms with Crippen LogP contribution in [0.4, 0.5) is 0 Å². The largest absolute Gasteiger partial charge is 0.497 e. The molecule has 1 aliphatic heterocycles. The van der Waals surface area contributed by atoms with Crippen molar-refractivity contribution in [2.75, 3.05) is 39.8 Å². The van der Waals surface area contributed by atoms with Crippen molar-refractivity contribution in [2.24, 2.45) is 0 Å². The van der Waals surface area contributed by atoms with Crippen LogP contribution in [0.1, 0.15) is 24.0 Å². The molecular weight excluding hydrogens is 440 g/mol. The lowest BCUT2D eigenvalue weighted by Crippen LogP contribution is -2.52. The van der Waals surface area contributed by atoms with E-state index in [0.717, 1.165) is 24.2 Å². The predicted octanol–water partition coefficient (Wildman–Crippen LogP) is 2.06. The standard InChI is InChI=1S/C24H28N4O4S/c1-32-22-10-6-19(7-11-22)17-27(21-8-9-21)18-24(29)26-12-14-28(15-13-26)33(30,31)23-5-3-2-4-20(23)16-25/h2-7,10-11,21H,8-9,12-15,17-18H2,1H3. The first kappa shape index (κ1) is 23.2. The Morgan fingerprint density at radius 3 is 2.36 bits per heavy atom. The Kier molecular flexibility index (Phi) is 6.98. The molecule has 0 atom stereocenters. The fourth-order valence-corrected chi connectivity index (χ4v) is 5.66. The summed E-state index contributed by atoms with van der Waals surface area (Å²) < 4.78 is 32.6. The van der Waals surface area contributed by atoms with Crippen LogP contribution in [0.15, 0.2) is 53.4 Å². The summed E-state index contributed by atoms with van der Waals surface area (Å²) in [4.78, 5) is 17.0. The molecule has 1 saturated carbocycles. The fourth-order valence-electron chi connectivity index (χ4n) is 4.09. The van der Waals surface area contributed by atoms with Gasteiger partial charge in [0.15, 0.2) is 0 Å². The second-order valence-electron chi connectivity index (χ2n) is 8.38. The van der Waals surface area contributed by atoms with E-state index >= 15 is 0 Å². The molecular formula is C24H28N4O4S. The Balaban J connectivity index is 1.36. The summed E-state index contributed by atoms with van der Waals surface area (Å²) in [7, 11) is -2.14. The second kappa shape index (κ2) is 9.91. The van der Waals surface area contributed by atoms with E-state index in [0.29, 0.717) is 32.2 Å². The maximum atomic E-state index is 13.0. The molecule has 2 aromatic carbocycles. The van der Waals surface area contributed by atoms with Crippen molar-refractivity contribution >= 4 is 15.9 Å². The van der Waals surface area contributed by atoms with Crippen LogP contribution in [-0.4, -0.2) is 74.3 Å². The van der Waals surface area contributed by atoms with Gasteiger partial charge in [0.1, 0.15) is 11.8 Å². The van der Waals surface area contributed by atoms with Gasteiger partial charge in [0.25, 0.3) is 0 Å². The molecule has 1 amide bonds. The summed E-state index contributed by atoms with van der Waals surface area (Å²) in [6.45, 7) is 2.13. The number of carbonyl (C=O) groups is 1. The van der Waals surface area contributed by atoms with Gasteiger partial charge in [-0.15, -0.1) is 0 Å². The van der Waals surface area contributed by atoms with Crippen molar-refractivity contribution in [3.63, 3.8) is 0 Å². The van der Waals surface area contributed by atoms with Crippen LogP contribution in [0, 0.1) is 11.3 Å². The van der Waals surface area contributed by atoms with Crippen LogP contribution in [0.5, 0.6) is 5.75 Å². The van der Waals surface area contributed by atoms with Gasteiger partial charge in [-0.05, 0) is 42.7 Å². The summed E-state index contributed by atoms with van der Waals surface area (Å²) >= 11 is 0. The first-order valence-corrected chi connectivity index (χ1v) is 12.5. The van der Waals surface area contributed by atoms with E-state index in [4.69, 9.17) is 4.74 Å². The van der Waals surface area contributed by atoms with Crippen molar-refractivity contribution in [3.8, 4) is 11.8 Å². The molecule has 0 unspecified atom stereocenters. The monoisotopic (exact) mass is 468 g/mol. The van der Waals surface area contributed by atoms with Crippen molar-refractivity contribution < 1.29 is 17.9 Å². The van der Waals surface area contributed by atoms with Crippen LogP contribution in [0.3, 0.4) is 0 Å². The number of nitriles is 1. The summed E-state index contributed by atoms with van der Waals surface area (Å²) in [6, 6.07) is 16.5. The minimum atomic E-state index is -3.77. The summed E-state index contributed by atoms with van der Waals surface area (Å²) in [6.07, 6.45) is 2.18.